The smallest absolute Gasteiger partial charge is 0.276 e. The van der Waals surface area contributed by atoms with Crippen LogP contribution in [-0.4, -0.2) is 38.3 Å². The first-order chi connectivity index (χ1) is 16.9. The Kier molecular flexibility index (Phi) is 7.01. The molecule has 0 radical (unpaired) electrons. The summed E-state index contributed by atoms with van der Waals surface area (Å²) in [4.78, 5) is 27.2. The SMILES string of the molecule is C/C=C\C(=C/C)c1cccc(C(c2ccccc2)C2CN(C(C)C)C(=O)c3c(O)c(=O)cnn32)c1. The molecule has 4 rings (SSSR count). The largest absolute Gasteiger partial charge is 0.502 e. The quantitative estimate of drug-likeness (QED) is 0.506. The Bertz CT molecular complexity index is 1340. The molecule has 6 nitrogen and oxygen atoms in total. The Morgan fingerprint density at radius 3 is 2.43 bits per heavy atom. The van der Waals surface area contributed by atoms with Gasteiger partial charge in [-0.05, 0) is 50.0 Å². The number of amides is 1. The molecular weight excluding hydrogens is 438 g/mol. The number of hydrogen-bond donors (Lipinski definition) is 1. The van der Waals surface area contributed by atoms with Crippen molar-refractivity contribution in [2.24, 2.45) is 0 Å². The predicted molar refractivity (Wildman–Crippen MR) is 139 cm³/mol. The molecule has 0 spiro atoms. The molecule has 1 aromatic heterocycles. The number of fused-ring (bicyclic) bond motifs is 1. The van der Waals surface area contributed by atoms with E-state index >= 15 is 0 Å². The van der Waals surface area contributed by atoms with Gasteiger partial charge in [0.15, 0.2) is 11.4 Å². The lowest BCUT2D eigenvalue weighted by molar-refractivity contribution is 0.0570. The maximum atomic E-state index is 13.3. The van der Waals surface area contributed by atoms with Crippen LogP contribution in [0, 0.1) is 0 Å². The number of carbonyl (C=O) groups excluding carboxylic acids is 1. The van der Waals surface area contributed by atoms with Gasteiger partial charge in [-0.15, -0.1) is 0 Å². The molecule has 0 saturated carbocycles. The number of nitrogens with zero attached hydrogens (tertiary/aromatic N) is 3. The minimum Gasteiger partial charge on any atom is -0.502 e. The highest BCUT2D eigenvalue weighted by molar-refractivity contribution is 5.96. The number of hydrogen-bond acceptors (Lipinski definition) is 4. The van der Waals surface area contributed by atoms with Gasteiger partial charge < -0.3 is 10.0 Å². The number of rotatable bonds is 6. The second-order valence-electron chi connectivity index (χ2n) is 9.03. The van der Waals surface area contributed by atoms with E-state index in [2.05, 4.69) is 47.6 Å². The third-order valence-corrected chi connectivity index (χ3v) is 6.55. The zero-order chi connectivity index (χ0) is 25.1. The second-order valence-corrected chi connectivity index (χ2v) is 9.03. The van der Waals surface area contributed by atoms with E-state index in [-0.39, 0.29) is 29.6 Å². The summed E-state index contributed by atoms with van der Waals surface area (Å²) in [5.74, 6) is -1.11. The topological polar surface area (TPSA) is 75.4 Å². The fourth-order valence-corrected chi connectivity index (χ4v) is 4.85. The van der Waals surface area contributed by atoms with Crippen LogP contribution in [0.4, 0.5) is 0 Å². The predicted octanol–water partition coefficient (Wildman–Crippen LogP) is 5.17. The van der Waals surface area contributed by atoms with Crippen LogP contribution in [0.15, 0.2) is 83.8 Å². The van der Waals surface area contributed by atoms with Crippen molar-refractivity contribution in [3.05, 3.63) is 112 Å². The summed E-state index contributed by atoms with van der Waals surface area (Å²) >= 11 is 0. The van der Waals surface area contributed by atoms with E-state index in [1.54, 1.807) is 9.58 Å². The van der Waals surface area contributed by atoms with Crippen LogP contribution in [0.1, 0.15) is 66.8 Å². The number of aromatic hydroxyl groups is 1. The lowest BCUT2D eigenvalue weighted by Crippen LogP contribution is -2.49. The molecule has 1 aliphatic rings. The Morgan fingerprint density at radius 1 is 1.06 bits per heavy atom. The third kappa shape index (κ3) is 4.56. The highest BCUT2D eigenvalue weighted by Crippen LogP contribution is 2.40. The molecular formula is C29H31N3O3. The molecule has 2 aromatic carbocycles. The molecule has 0 saturated heterocycles. The van der Waals surface area contributed by atoms with Crippen LogP contribution in [0.5, 0.6) is 5.75 Å². The van der Waals surface area contributed by atoms with Crippen molar-refractivity contribution in [3.63, 3.8) is 0 Å². The fourth-order valence-electron chi connectivity index (χ4n) is 4.85. The first-order valence-electron chi connectivity index (χ1n) is 11.9. The molecule has 180 valence electrons. The average Bonchev–Trinajstić information content (AvgIpc) is 2.86. The molecule has 1 N–H and O–H groups in total. The molecule has 35 heavy (non-hydrogen) atoms. The number of carbonyl (C=O) groups is 1. The standard InChI is InChI=1S/C29H31N3O3/c1-5-11-20(6-2)22-14-10-15-23(16-22)26(21-12-8-7-9-13-21)24-18-31(19(3)4)29(35)27-28(34)25(33)17-30-32(24)27/h5-17,19,24,26,34H,18H2,1-4H3/b11-5-,20-6+. The number of allylic oxidation sites excluding steroid dienone is 4. The first-order valence-corrected chi connectivity index (χ1v) is 11.9. The monoisotopic (exact) mass is 469 g/mol. The summed E-state index contributed by atoms with van der Waals surface area (Å²) in [7, 11) is 0. The summed E-state index contributed by atoms with van der Waals surface area (Å²) in [5.41, 5.74) is 3.62. The van der Waals surface area contributed by atoms with Crippen molar-refractivity contribution < 1.29 is 9.90 Å². The van der Waals surface area contributed by atoms with Gasteiger partial charge in [0.25, 0.3) is 5.91 Å². The van der Waals surface area contributed by atoms with Gasteiger partial charge in [-0.2, -0.15) is 5.10 Å². The van der Waals surface area contributed by atoms with Crippen LogP contribution in [0.3, 0.4) is 0 Å². The van der Waals surface area contributed by atoms with E-state index in [9.17, 15) is 14.7 Å². The molecule has 6 heteroatoms. The van der Waals surface area contributed by atoms with Crippen molar-refractivity contribution in [1.82, 2.24) is 14.7 Å². The molecule has 0 aliphatic carbocycles. The van der Waals surface area contributed by atoms with Gasteiger partial charge in [0, 0.05) is 18.5 Å². The number of aromatic nitrogens is 2. The van der Waals surface area contributed by atoms with Gasteiger partial charge in [-0.1, -0.05) is 72.8 Å². The van der Waals surface area contributed by atoms with Crippen LogP contribution in [0.2, 0.25) is 0 Å². The fraction of sp³-hybridized carbons (Fsp3) is 0.276. The van der Waals surface area contributed by atoms with E-state index in [1.807, 2.05) is 58.0 Å². The lowest BCUT2D eigenvalue weighted by Gasteiger charge is -2.41. The van der Waals surface area contributed by atoms with E-state index < -0.39 is 11.2 Å². The van der Waals surface area contributed by atoms with Crippen LogP contribution >= 0.6 is 0 Å². The van der Waals surface area contributed by atoms with Gasteiger partial charge in [0.1, 0.15) is 0 Å². The van der Waals surface area contributed by atoms with E-state index in [4.69, 9.17) is 0 Å². The summed E-state index contributed by atoms with van der Waals surface area (Å²) in [5, 5.41) is 15.0. The van der Waals surface area contributed by atoms with E-state index in [0.717, 1.165) is 28.5 Å². The highest BCUT2D eigenvalue weighted by Gasteiger charge is 2.40. The van der Waals surface area contributed by atoms with Gasteiger partial charge in [0.05, 0.1) is 12.2 Å². The first kappa shape index (κ1) is 24.2. The molecule has 0 bridgehead atoms. The van der Waals surface area contributed by atoms with E-state index in [1.165, 1.54) is 0 Å². The Morgan fingerprint density at radius 2 is 1.77 bits per heavy atom. The molecule has 1 aliphatic heterocycles. The van der Waals surface area contributed by atoms with Crippen LogP contribution < -0.4 is 5.43 Å². The van der Waals surface area contributed by atoms with Crippen molar-refractivity contribution in [2.45, 2.75) is 45.7 Å². The molecule has 2 atom stereocenters. The zero-order valence-corrected chi connectivity index (χ0v) is 20.6. The summed E-state index contributed by atoms with van der Waals surface area (Å²) in [6, 6.07) is 18.0. The molecule has 2 unspecified atom stereocenters. The second kappa shape index (κ2) is 10.1. The van der Waals surface area contributed by atoms with Crippen LogP contribution in [0.25, 0.3) is 5.57 Å². The normalized spacial score (nSPS) is 17.2. The summed E-state index contributed by atoms with van der Waals surface area (Å²) < 4.78 is 1.55. The van der Waals surface area contributed by atoms with Gasteiger partial charge in [-0.25, -0.2) is 0 Å². The molecule has 0 fully saturated rings. The maximum absolute atomic E-state index is 13.3. The van der Waals surface area contributed by atoms with Gasteiger partial charge in [0.2, 0.25) is 5.43 Å². The van der Waals surface area contributed by atoms with Crippen molar-refractivity contribution in [1.29, 1.82) is 0 Å². The van der Waals surface area contributed by atoms with Crippen molar-refractivity contribution in [3.8, 4) is 5.75 Å². The Labute approximate surface area is 205 Å². The summed E-state index contributed by atoms with van der Waals surface area (Å²) in [6.07, 6.45) is 7.27. The molecule has 2 heterocycles. The van der Waals surface area contributed by atoms with E-state index in [0.29, 0.717) is 6.54 Å². The molecule has 3 aromatic rings. The number of benzene rings is 2. The van der Waals surface area contributed by atoms with Crippen molar-refractivity contribution in [2.75, 3.05) is 6.54 Å². The Hall–Kier alpha value is -3.93. The minimum atomic E-state index is -0.656. The van der Waals surface area contributed by atoms with Gasteiger partial charge in [-0.3, -0.25) is 14.3 Å². The lowest BCUT2D eigenvalue weighted by atomic mass is 9.82. The zero-order valence-electron chi connectivity index (χ0n) is 20.6. The maximum Gasteiger partial charge on any atom is 0.276 e. The summed E-state index contributed by atoms with van der Waals surface area (Å²) in [6.45, 7) is 8.28. The molecule has 1 amide bonds. The minimum absolute atomic E-state index is 0.0532. The highest BCUT2D eigenvalue weighted by atomic mass is 16.3. The van der Waals surface area contributed by atoms with Crippen molar-refractivity contribution >= 4 is 11.5 Å². The average molecular weight is 470 g/mol. The Balaban J connectivity index is 1.96. The third-order valence-electron chi connectivity index (χ3n) is 6.55. The van der Waals surface area contributed by atoms with Crippen LogP contribution in [-0.2, 0) is 0 Å². The van der Waals surface area contributed by atoms with Gasteiger partial charge >= 0.3 is 0 Å².